The second-order valence-corrected chi connectivity index (χ2v) is 5.11. The SMILES string of the molecule is Cc1ccc(C(C)NCCc2cc(F)cc(F)c2)cc1. The third kappa shape index (κ3) is 4.14. The van der Waals surface area contributed by atoms with Crippen molar-refractivity contribution in [2.75, 3.05) is 6.54 Å². The van der Waals surface area contributed by atoms with E-state index in [1.807, 2.05) is 0 Å². The zero-order chi connectivity index (χ0) is 14.5. The van der Waals surface area contributed by atoms with Gasteiger partial charge in [0.15, 0.2) is 0 Å². The molecule has 0 aliphatic rings. The Morgan fingerprint density at radius 2 is 1.60 bits per heavy atom. The van der Waals surface area contributed by atoms with E-state index in [-0.39, 0.29) is 6.04 Å². The maximum Gasteiger partial charge on any atom is 0.126 e. The zero-order valence-electron chi connectivity index (χ0n) is 11.8. The van der Waals surface area contributed by atoms with Crippen LogP contribution in [0.1, 0.15) is 29.7 Å². The summed E-state index contributed by atoms with van der Waals surface area (Å²) < 4.78 is 26.1. The molecule has 3 heteroatoms. The van der Waals surface area contributed by atoms with Crippen LogP contribution >= 0.6 is 0 Å². The van der Waals surface area contributed by atoms with Crippen LogP contribution in [-0.2, 0) is 6.42 Å². The molecule has 0 saturated heterocycles. The fourth-order valence-electron chi connectivity index (χ4n) is 2.16. The lowest BCUT2D eigenvalue weighted by Gasteiger charge is -2.14. The van der Waals surface area contributed by atoms with Gasteiger partial charge in [-0.15, -0.1) is 0 Å². The Hall–Kier alpha value is -1.74. The van der Waals surface area contributed by atoms with Crippen molar-refractivity contribution < 1.29 is 8.78 Å². The number of hydrogen-bond donors (Lipinski definition) is 1. The van der Waals surface area contributed by atoms with Crippen LogP contribution in [0.15, 0.2) is 42.5 Å². The highest BCUT2D eigenvalue weighted by Gasteiger charge is 2.05. The van der Waals surface area contributed by atoms with Gasteiger partial charge >= 0.3 is 0 Å². The topological polar surface area (TPSA) is 12.0 Å². The summed E-state index contributed by atoms with van der Waals surface area (Å²) in [5, 5.41) is 3.36. The Morgan fingerprint density at radius 3 is 2.20 bits per heavy atom. The van der Waals surface area contributed by atoms with Crippen molar-refractivity contribution in [1.82, 2.24) is 5.32 Å². The average Bonchev–Trinajstić information content (AvgIpc) is 2.38. The molecule has 0 spiro atoms. The molecule has 0 aromatic heterocycles. The highest BCUT2D eigenvalue weighted by molar-refractivity contribution is 5.24. The first-order valence-electron chi connectivity index (χ1n) is 6.79. The van der Waals surface area contributed by atoms with Gasteiger partial charge in [-0.1, -0.05) is 29.8 Å². The van der Waals surface area contributed by atoms with E-state index >= 15 is 0 Å². The number of aryl methyl sites for hydroxylation is 1. The molecule has 0 aliphatic carbocycles. The second kappa shape index (κ2) is 6.62. The first-order chi connectivity index (χ1) is 9.54. The molecule has 0 radical (unpaired) electrons. The first-order valence-corrected chi connectivity index (χ1v) is 6.79. The number of rotatable bonds is 5. The number of nitrogens with one attached hydrogen (secondary N) is 1. The highest BCUT2D eigenvalue weighted by Crippen LogP contribution is 2.13. The molecule has 1 unspecified atom stereocenters. The first kappa shape index (κ1) is 14.7. The average molecular weight is 275 g/mol. The van der Waals surface area contributed by atoms with E-state index in [0.717, 1.165) is 6.07 Å². The molecule has 20 heavy (non-hydrogen) atoms. The van der Waals surface area contributed by atoms with Crippen LogP contribution < -0.4 is 5.32 Å². The zero-order valence-corrected chi connectivity index (χ0v) is 11.8. The van der Waals surface area contributed by atoms with Crippen molar-refractivity contribution in [3.05, 3.63) is 70.8 Å². The van der Waals surface area contributed by atoms with E-state index in [1.54, 1.807) is 0 Å². The Kier molecular flexibility index (Phi) is 4.85. The lowest BCUT2D eigenvalue weighted by Crippen LogP contribution is -2.21. The summed E-state index contributed by atoms with van der Waals surface area (Å²) in [6.07, 6.45) is 0.602. The molecule has 1 nitrogen and oxygen atoms in total. The van der Waals surface area contributed by atoms with Gasteiger partial charge in [-0.3, -0.25) is 0 Å². The summed E-state index contributed by atoms with van der Waals surface area (Å²) in [7, 11) is 0. The number of halogens is 2. The number of hydrogen-bond acceptors (Lipinski definition) is 1. The molecule has 0 bridgehead atoms. The van der Waals surface area contributed by atoms with Crippen molar-refractivity contribution in [2.24, 2.45) is 0 Å². The van der Waals surface area contributed by atoms with E-state index in [1.165, 1.54) is 23.3 Å². The van der Waals surface area contributed by atoms with Crippen molar-refractivity contribution in [3.63, 3.8) is 0 Å². The molecular weight excluding hydrogens is 256 g/mol. The quantitative estimate of drug-likeness (QED) is 0.863. The van der Waals surface area contributed by atoms with Crippen LogP contribution in [0.3, 0.4) is 0 Å². The summed E-state index contributed by atoms with van der Waals surface area (Å²) in [6.45, 7) is 4.81. The normalized spacial score (nSPS) is 12.4. The maximum atomic E-state index is 13.1. The molecule has 0 aliphatic heterocycles. The summed E-state index contributed by atoms with van der Waals surface area (Å²) >= 11 is 0. The van der Waals surface area contributed by atoms with Gasteiger partial charge in [-0.2, -0.15) is 0 Å². The molecule has 2 aromatic rings. The third-order valence-electron chi connectivity index (χ3n) is 3.36. The second-order valence-electron chi connectivity index (χ2n) is 5.11. The molecule has 1 N–H and O–H groups in total. The Balaban J connectivity index is 1.87. The lowest BCUT2D eigenvalue weighted by molar-refractivity contribution is 0.563. The van der Waals surface area contributed by atoms with Crippen LogP contribution in [0.4, 0.5) is 8.78 Å². The summed E-state index contributed by atoms with van der Waals surface area (Å²) in [4.78, 5) is 0. The smallest absolute Gasteiger partial charge is 0.126 e. The van der Waals surface area contributed by atoms with Crippen LogP contribution in [0.5, 0.6) is 0 Å². The molecule has 1 atom stereocenters. The molecule has 0 amide bonds. The predicted octanol–water partition coefficient (Wildman–Crippen LogP) is 4.17. The molecule has 0 fully saturated rings. The fourth-order valence-corrected chi connectivity index (χ4v) is 2.16. The van der Waals surface area contributed by atoms with Gasteiger partial charge in [0.2, 0.25) is 0 Å². The minimum absolute atomic E-state index is 0.217. The van der Waals surface area contributed by atoms with Crippen molar-refractivity contribution >= 4 is 0 Å². The van der Waals surface area contributed by atoms with Gasteiger partial charge in [-0.05, 0) is 50.1 Å². The Labute approximate surface area is 118 Å². The summed E-state index contributed by atoms with van der Waals surface area (Å²) in [6, 6.07) is 12.2. The van der Waals surface area contributed by atoms with E-state index in [9.17, 15) is 8.78 Å². The summed E-state index contributed by atoms with van der Waals surface area (Å²) in [5.74, 6) is -1.04. The van der Waals surface area contributed by atoms with Crippen molar-refractivity contribution in [2.45, 2.75) is 26.3 Å². The van der Waals surface area contributed by atoms with Crippen molar-refractivity contribution in [3.8, 4) is 0 Å². The van der Waals surface area contributed by atoms with Gasteiger partial charge in [0.25, 0.3) is 0 Å². The molecule has 0 heterocycles. The molecule has 2 aromatic carbocycles. The van der Waals surface area contributed by atoms with Crippen LogP contribution in [0.25, 0.3) is 0 Å². The standard InChI is InChI=1S/C17H19F2N/c1-12-3-5-15(6-4-12)13(2)20-8-7-14-9-16(18)11-17(19)10-14/h3-6,9-11,13,20H,7-8H2,1-2H3. The van der Waals surface area contributed by atoms with Gasteiger partial charge in [0.05, 0.1) is 0 Å². The molecule has 0 saturated carbocycles. The predicted molar refractivity (Wildman–Crippen MR) is 77.7 cm³/mol. The van der Waals surface area contributed by atoms with E-state index in [2.05, 4.69) is 43.4 Å². The molecular formula is C17H19F2N. The Morgan fingerprint density at radius 1 is 1.00 bits per heavy atom. The minimum Gasteiger partial charge on any atom is -0.310 e. The fraction of sp³-hybridized carbons (Fsp3) is 0.294. The van der Waals surface area contributed by atoms with Gasteiger partial charge < -0.3 is 5.32 Å². The maximum absolute atomic E-state index is 13.1. The molecule has 106 valence electrons. The van der Waals surface area contributed by atoms with E-state index < -0.39 is 11.6 Å². The summed E-state index contributed by atoms with van der Waals surface area (Å²) in [5.41, 5.74) is 3.11. The third-order valence-corrected chi connectivity index (χ3v) is 3.36. The van der Waals surface area contributed by atoms with Gasteiger partial charge in [0.1, 0.15) is 11.6 Å². The monoisotopic (exact) mass is 275 g/mol. The lowest BCUT2D eigenvalue weighted by atomic mass is 10.1. The molecule has 2 rings (SSSR count). The highest BCUT2D eigenvalue weighted by atomic mass is 19.1. The van der Waals surface area contributed by atoms with E-state index in [4.69, 9.17) is 0 Å². The minimum atomic E-state index is -0.522. The van der Waals surface area contributed by atoms with Crippen LogP contribution in [0.2, 0.25) is 0 Å². The van der Waals surface area contributed by atoms with Crippen LogP contribution in [-0.4, -0.2) is 6.54 Å². The van der Waals surface area contributed by atoms with Crippen molar-refractivity contribution in [1.29, 1.82) is 0 Å². The van der Waals surface area contributed by atoms with Gasteiger partial charge in [-0.25, -0.2) is 8.78 Å². The Bertz CT molecular complexity index is 543. The van der Waals surface area contributed by atoms with Crippen LogP contribution in [0, 0.1) is 18.6 Å². The largest absolute Gasteiger partial charge is 0.310 e. The number of benzene rings is 2. The van der Waals surface area contributed by atoms with Gasteiger partial charge in [0, 0.05) is 12.1 Å². The van der Waals surface area contributed by atoms with E-state index in [0.29, 0.717) is 18.5 Å².